The van der Waals surface area contributed by atoms with E-state index in [1.165, 1.54) is 19.2 Å². The van der Waals surface area contributed by atoms with E-state index in [1.807, 2.05) is 36.4 Å². The summed E-state index contributed by atoms with van der Waals surface area (Å²) in [6, 6.07) is 13.9. The molecule has 10 heteroatoms. The number of methoxy groups -OCH3 is 1. The first-order valence-corrected chi connectivity index (χ1v) is 9.15. The van der Waals surface area contributed by atoms with Gasteiger partial charge in [-0.2, -0.15) is 10.4 Å². The Hall–Kier alpha value is -4.52. The minimum atomic E-state index is -0.806. The van der Waals surface area contributed by atoms with E-state index in [2.05, 4.69) is 5.10 Å². The molecule has 2 aromatic carbocycles. The third-order valence-electron chi connectivity index (χ3n) is 5.06. The predicted molar refractivity (Wildman–Crippen MR) is 109 cm³/mol. The van der Waals surface area contributed by atoms with Crippen LogP contribution in [-0.4, -0.2) is 26.9 Å². The molecule has 2 heterocycles. The fourth-order valence-electron chi connectivity index (χ4n) is 3.67. The Morgan fingerprint density at radius 1 is 1.35 bits per heavy atom. The number of benzene rings is 2. The molecule has 0 fully saturated rings. The summed E-state index contributed by atoms with van der Waals surface area (Å²) in [6.07, 6.45) is 0. The summed E-state index contributed by atoms with van der Waals surface area (Å²) in [6.45, 7) is 1.75. The van der Waals surface area contributed by atoms with Crippen LogP contribution in [-0.2, 0) is 0 Å². The maximum absolute atomic E-state index is 11.5. The Balaban J connectivity index is 2.00. The molecule has 31 heavy (non-hydrogen) atoms. The smallest absolute Gasteiger partial charge is 0.314 e. The van der Waals surface area contributed by atoms with Crippen LogP contribution in [0.15, 0.2) is 53.9 Å². The number of rotatable bonds is 4. The number of aromatic hydroxyl groups is 1. The number of fused-ring (bicyclic) bond motifs is 1. The van der Waals surface area contributed by atoms with Crippen LogP contribution in [0.25, 0.3) is 5.69 Å². The van der Waals surface area contributed by atoms with Gasteiger partial charge in [0.2, 0.25) is 17.5 Å². The molecule has 156 valence electrons. The van der Waals surface area contributed by atoms with Gasteiger partial charge in [-0.3, -0.25) is 10.1 Å². The van der Waals surface area contributed by atoms with Crippen molar-refractivity contribution in [1.82, 2.24) is 9.78 Å². The third-order valence-corrected chi connectivity index (χ3v) is 5.06. The number of nitro groups is 1. The standard InChI is InChI=1S/C21H17N5O5/c1-11-17-18(12-8-15(26(28)29)19(27)16(9-12)30-2)14(10-22)20(23)31-21(17)25(24-11)13-6-4-3-5-7-13/h3-9,18,27H,23H2,1-2H3/t18-/m0/s1. The highest BCUT2D eigenvalue weighted by molar-refractivity contribution is 5.63. The molecule has 1 aliphatic rings. The summed E-state index contributed by atoms with van der Waals surface area (Å²) in [5.41, 5.74) is 7.73. The van der Waals surface area contributed by atoms with E-state index in [-0.39, 0.29) is 17.2 Å². The summed E-state index contributed by atoms with van der Waals surface area (Å²) in [5.74, 6) is -1.33. The van der Waals surface area contributed by atoms with E-state index in [4.69, 9.17) is 15.2 Å². The van der Waals surface area contributed by atoms with E-state index in [9.17, 15) is 20.5 Å². The van der Waals surface area contributed by atoms with Crippen LogP contribution in [0.5, 0.6) is 17.4 Å². The van der Waals surface area contributed by atoms with E-state index in [0.717, 1.165) is 0 Å². The van der Waals surface area contributed by atoms with Crippen molar-refractivity contribution in [2.75, 3.05) is 7.11 Å². The van der Waals surface area contributed by atoms with E-state index < -0.39 is 22.3 Å². The molecule has 0 aliphatic carbocycles. The van der Waals surface area contributed by atoms with E-state index >= 15 is 0 Å². The van der Waals surface area contributed by atoms with Crippen LogP contribution in [0.4, 0.5) is 5.69 Å². The van der Waals surface area contributed by atoms with E-state index in [1.54, 1.807) is 11.6 Å². The number of allylic oxidation sites excluding steroid dienone is 1. The lowest BCUT2D eigenvalue weighted by molar-refractivity contribution is -0.386. The number of aromatic nitrogens is 2. The molecule has 3 N–H and O–H groups in total. The summed E-state index contributed by atoms with van der Waals surface area (Å²) in [7, 11) is 1.28. The summed E-state index contributed by atoms with van der Waals surface area (Å²) < 4.78 is 12.5. The lowest BCUT2D eigenvalue weighted by atomic mass is 9.83. The molecule has 0 spiro atoms. The van der Waals surface area contributed by atoms with Gasteiger partial charge in [-0.1, -0.05) is 18.2 Å². The van der Waals surface area contributed by atoms with Crippen LogP contribution in [0.2, 0.25) is 0 Å². The zero-order chi connectivity index (χ0) is 22.3. The minimum absolute atomic E-state index is 0.0743. The van der Waals surface area contributed by atoms with Gasteiger partial charge >= 0.3 is 5.69 Å². The first kappa shape index (κ1) is 19.8. The number of nitro benzene ring substituents is 1. The Kier molecular flexibility index (Phi) is 4.71. The van der Waals surface area contributed by atoms with Gasteiger partial charge in [0.1, 0.15) is 11.6 Å². The molecular weight excluding hydrogens is 402 g/mol. The number of aryl methyl sites for hydroxylation is 1. The molecule has 0 unspecified atom stereocenters. The molecule has 4 rings (SSSR count). The van der Waals surface area contributed by atoms with Gasteiger partial charge in [0, 0.05) is 6.07 Å². The Morgan fingerprint density at radius 3 is 2.68 bits per heavy atom. The summed E-state index contributed by atoms with van der Waals surface area (Å²) in [5, 5.41) is 36.0. The van der Waals surface area contributed by atoms with Gasteiger partial charge in [-0.25, -0.2) is 4.68 Å². The number of ether oxygens (including phenoxy) is 2. The number of hydrogen-bond donors (Lipinski definition) is 2. The molecule has 1 aliphatic heterocycles. The molecule has 0 saturated carbocycles. The van der Waals surface area contributed by atoms with Gasteiger partial charge in [0.25, 0.3) is 0 Å². The van der Waals surface area contributed by atoms with Crippen LogP contribution >= 0.6 is 0 Å². The lowest BCUT2D eigenvalue weighted by Crippen LogP contribution is -2.22. The maximum Gasteiger partial charge on any atom is 0.314 e. The SMILES string of the molecule is COc1cc([C@H]2C(C#N)=C(N)Oc3c2c(C)nn3-c2ccccc2)cc([N+](=O)[O-])c1O. The highest BCUT2D eigenvalue weighted by Gasteiger charge is 2.37. The second kappa shape index (κ2) is 7.38. The maximum atomic E-state index is 11.5. The highest BCUT2D eigenvalue weighted by atomic mass is 16.6. The number of nitriles is 1. The van der Waals surface area contributed by atoms with Gasteiger partial charge in [-0.05, 0) is 30.7 Å². The summed E-state index contributed by atoms with van der Waals surface area (Å²) >= 11 is 0. The van der Waals surface area contributed by atoms with Crippen molar-refractivity contribution in [3.05, 3.63) is 80.9 Å². The lowest BCUT2D eigenvalue weighted by Gasteiger charge is -2.25. The van der Waals surface area contributed by atoms with Crippen molar-refractivity contribution < 1.29 is 19.5 Å². The molecule has 10 nitrogen and oxygen atoms in total. The van der Waals surface area contributed by atoms with Gasteiger partial charge in [-0.15, -0.1) is 0 Å². The fourth-order valence-corrected chi connectivity index (χ4v) is 3.67. The molecule has 3 aromatic rings. The quantitative estimate of drug-likeness (QED) is 0.484. The van der Waals surface area contributed by atoms with Crippen molar-refractivity contribution in [2.45, 2.75) is 12.8 Å². The van der Waals surface area contributed by atoms with Crippen molar-refractivity contribution >= 4 is 5.69 Å². The van der Waals surface area contributed by atoms with Crippen LogP contribution in [0, 0.1) is 28.4 Å². The number of phenols is 1. The number of para-hydroxylation sites is 1. The number of hydrogen-bond acceptors (Lipinski definition) is 8. The Bertz CT molecular complexity index is 1270. The molecular formula is C21H17N5O5. The van der Waals surface area contributed by atoms with Gasteiger partial charge in [0.15, 0.2) is 5.75 Å². The fraction of sp³-hybridized carbons (Fsp3) is 0.143. The Labute approximate surface area is 176 Å². The molecule has 0 bridgehead atoms. The number of phenolic OH excluding ortho intramolecular Hbond substituents is 1. The first-order valence-electron chi connectivity index (χ1n) is 9.15. The molecule has 0 radical (unpaired) electrons. The Morgan fingerprint density at radius 2 is 2.06 bits per heavy atom. The van der Waals surface area contributed by atoms with Crippen LogP contribution in [0.1, 0.15) is 22.7 Å². The molecule has 0 saturated heterocycles. The number of nitrogens with two attached hydrogens (primary N) is 1. The van der Waals surface area contributed by atoms with Gasteiger partial charge < -0.3 is 20.3 Å². The third kappa shape index (κ3) is 3.08. The average Bonchev–Trinajstić information content (AvgIpc) is 3.09. The second-order valence-electron chi connectivity index (χ2n) is 6.82. The highest BCUT2D eigenvalue weighted by Crippen LogP contribution is 2.48. The topological polar surface area (TPSA) is 149 Å². The average molecular weight is 419 g/mol. The predicted octanol–water partition coefficient (Wildman–Crippen LogP) is 3.02. The molecule has 1 aromatic heterocycles. The zero-order valence-electron chi connectivity index (χ0n) is 16.6. The van der Waals surface area contributed by atoms with E-state index in [0.29, 0.717) is 28.4 Å². The molecule has 1 atom stereocenters. The van der Waals surface area contributed by atoms with Crippen molar-refractivity contribution in [1.29, 1.82) is 5.26 Å². The normalized spacial score (nSPS) is 15.1. The van der Waals surface area contributed by atoms with Crippen molar-refractivity contribution in [2.24, 2.45) is 5.73 Å². The van der Waals surface area contributed by atoms with Crippen LogP contribution < -0.4 is 15.2 Å². The molecule has 0 amide bonds. The van der Waals surface area contributed by atoms with Crippen molar-refractivity contribution in [3.8, 4) is 29.1 Å². The van der Waals surface area contributed by atoms with Gasteiger partial charge in [0.05, 0.1) is 34.9 Å². The monoisotopic (exact) mass is 419 g/mol. The summed E-state index contributed by atoms with van der Waals surface area (Å²) in [4.78, 5) is 10.8. The number of nitrogens with zero attached hydrogens (tertiary/aromatic N) is 4. The first-order chi connectivity index (χ1) is 14.9. The van der Waals surface area contributed by atoms with Crippen LogP contribution in [0.3, 0.4) is 0 Å². The van der Waals surface area contributed by atoms with Crippen molar-refractivity contribution in [3.63, 3.8) is 0 Å². The largest absolute Gasteiger partial charge is 0.500 e. The zero-order valence-corrected chi connectivity index (χ0v) is 16.6. The second-order valence-corrected chi connectivity index (χ2v) is 6.82. The minimum Gasteiger partial charge on any atom is -0.500 e.